The number of benzene rings is 1. The van der Waals surface area contributed by atoms with Crippen molar-refractivity contribution in [2.24, 2.45) is 11.8 Å². The molecule has 0 spiro atoms. The Labute approximate surface area is 187 Å². The van der Waals surface area contributed by atoms with E-state index in [0.717, 1.165) is 37.9 Å². The molecule has 4 N–H and O–H groups in total. The molecule has 1 saturated heterocycles. The number of hydrogen-bond donors (Lipinski definition) is 3. The minimum Gasteiger partial charge on any atom is -0.484 e. The lowest BCUT2D eigenvalue weighted by atomic mass is 9.98. The molecule has 7 heteroatoms. The van der Waals surface area contributed by atoms with Gasteiger partial charge in [-0.3, -0.25) is 20.1 Å². The summed E-state index contributed by atoms with van der Waals surface area (Å²) < 4.78 is 5.65. The first-order chi connectivity index (χ1) is 14.6. The van der Waals surface area contributed by atoms with E-state index >= 15 is 0 Å². The zero-order valence-corrected chi connectivity index (χ0v) is 19.9. The van der Waals surface area contributed by atoms with Gasteiger partial charge in [0.05, 0.1) is 6.04 Å². The number of likely N-dealkylation sites (tertiary alicyclic amines) is 1. The molecular weight excluding hydrogens is 390 g/mol. The molecule has 0 bridgehead atoms. The molecule has 1 amide bonds. The van der Waals surface area contributed by atoms with Crippen LogP contribution >= 0.6 is 0 Å². The minimum absolute atomic E-state index is 0.00339. The van der Waals surface area contributed by atoms with E-state index in [9.17, 15) is 4.79 Å². The van der Waals surface area contributed by atoms with Crippen molar-refractivity contribution in [1.82, 2.24) is 15.2 Å². The number of rotatable bonds is 9. The van der Waals surface area contributed by atoms with Crippen molar-refractivity contribution in [2.45, 2.75) is 71.9 Å². The molecule has 1 fully saturated rings. The second-order valence-electron chi connectivity index (χ2n) is 9.82. The molecular formula is C24H41N5O2. The van der Waals surface area contributed by atoms with Crippen molar-refractivity contribution in [2.75, 3.05) is 26.2 Å². The highest BCUT2D eigenvalue weighted by atomic mass is 16.5. The van der Waals surface area contributed by atoms with Gasteiger partial charge in [0.25, 0.3) is 5.91 Å². The first kappa shape index (κ1) is 25.1. The molecule has 1 aliphatic rings. The van der Waals surface area contributed by atoms with Gasteiger partial charge in [0.15, 0.2) is 6.61 Å². The van der Waals surface area contributed by atoms with E-state index in [1.165, 1.54) is 6.42 Å². The smallest absolute Gasteiger partial charge is 0.257 e. The highest BCUT2D eigenvalue weighted by Crippen LogP contribution is 2.29. The molecule has 1 unspecified atom stereocenters. The fourth-order valence-electron chi connectivity index (χ4n) is 3.66. The van der Waals surface area contributed by atoms with Gasteiger partial charge >= 0.3 is 0 Å². The highest BCUT2D eigenvalue weighted by molar-refractivity contribution is 5.86. The van der Waals surface area contributed by atoms with Gasteiger partial charge in [0.1, 0.15) is 11.6 Å². The number of nitrogens with one attached hydrogen (secondary N) is 2. The normalized spacial score (nSPS) is 16.1. The van der Waals surface area contributed by atoms with Gasteiger partial charge in [0.2, 0.25) is 0 Å². The number of ether oxygens (including phenoxy) is 1. The van der Waals surface area contributed by atoms with Crippen molar-refractivity contribution >= 4 is 11.7 Å². The van der Waals surface area contributed by atoms with Crippen LogP contribution in [-0.2, 0) is 4.79 Å². The number of carbonyl (C=O) groups is 1. The van der Waals surface area contributed by atoms with Crippen LogP contribution < -0.4 is 15.9 Å². The summed E-state index contributed by atoms with van der Waals surface area (Å²) >= 11 is 0. The quantitative estimate of drug-likeness (QED) is 0.240. The summed E-state index contributed by atoms with van der Waals surface area (Å²) in [5.41, 5.74) is 0.678. The lowest BCUT2D eigenvalue weighted by Gasteiger charge is -2.41. The third kappa shape index (κ3) is 7.82. The molecule has 2 rings (SSSR count). The molecule has 1 heterocycles. The lowest BCUT2D eigenvalue weighted by molar-refractivity contribution is -0.123. The molecule has 0 radical (unpaired) electrons. The second-order valence-corrected chi connectivity index (χ2v) is 9.82. The summed E-state index contributed by atoms with van der Waals surface area (Å²) in [6.07, 6.45) is 4.46. The van der Waals surface area contributed by atoms with E-state index in [1.807, 2.05) is 45.0 Å². The van der Waals surface area contributed by atoms with Crippen LogP contribution in [0.1, 0.15) is 71.9 Å². The van der Waals surface area contributed by atoms with Crippen molar-refractivity contribution in [3.05, 3.63) is 29.8 Å². The SMILES string of the molecule is CC(C)CCNC(=O)COc1ccc(C(C(=N)N(N)C(C)(C)C)N2CCCCC2)cc1. The maximum atomic E-state index is 11.9. The number of hydrogen-bond acceptors (Lipinski definition) is 5. The Morgan fingerprint density at radius 3 is 2.35 bits per heavy atom. The average molecular weight is 432 g/mol. The first-order valence-electron chi connectivity index (χ1n) is 11.5. The van der Waals surface area contributed by atoms with Gasteiger partial charge in [-0.15, -0.1) is 0 Å². The largest absolute Gasteiger partial charge is 0.484 e. The number of hydrazine groups is 1. The number of amidine groups is 1. The number of carbonyl (C=O) groups excluding carboxylic acids is 1. The lowest BCUT2D eigenvalue weighted by Crippen LogP contribution is -2.55. The summed E-state index contributed by atoms with van der Waals surface area (Å²) in [5, 5.41) is 13.3. The molecule has 1 aromatic carbocycles. The van der Waals surface area contributed by atoms with Crippen LogP contribution in [0.4, 0.5) is 0 Å². The zero-order valence-electron chi connectivity index (χ0n) is 19.9. The molecule has 7 nitrogen and oxygen atoms in total. The molecule has 174 valence electrons. The van der Waals surface area contributed by atoms with E-state index in [2.05, 4.69) is 24.1 Å². The Kier molecular flexibility index (Phi) is 9.32. The zero-order chi connectivity index (χ0) is 23.0. The fraction of sp³-hybridized carbons (Fsp3) is 0.667. The van der Waals surface area contributed by atoms with Gasteiger partial charge in [-0.2, -0.15) is 0 Å². The van der Waals surface area contributed by atoms with Crippen LogP contribution in [0.2, 0.25) is 0 Å². The third-order valence-corrected chi connectivity index (χ3v) is 5.61. The monoisotopic (exact) mass is 431 g/mol. The van der Waals surface area contributed by atoms with Gasteiger partial charge in [0, 0.05) is 12.1 Å². The fourth-order valence-corrected chi connectivity index (χ4v) is 3.66. The summed E-state index contributed by atoms with van der Waals surface area (Å²) in [6.45, 7) is 12.9. The Morgan fingerprint density at radius 1 is 1.19 bits per heavy atom. The standard InChI is InChI=1S/C24H41N5O2/c1-18(2)13-14-27-21(30)17-31-20-11-9-19(10-12-20)22(28-15-7-6-8-16-28)23(25)29(26)24(3,4)5/h9-12,18,22,25H,6-8,13-17,26H2,1-5H3,(H,27,30). The van der Waals surface area contributed by atoms with E-state index in [1.54, 1.807) is 5.01 Å². The predicted molar refractivity (Wildman–Crippen MR) is 126 cm³/mol. The number of nitrogens with two attached hydrogens (primary N) is 1. The van der Waals surface area contributed by atoms with Crippen LogP contribution in [0.25, 0.3) is 0 Å². The molecule has 1 aromatic rings. The summed E-state index contributed by atoms with van der Waals surface area (Å²) in [4.78, 5) is 14.3. The molecule has 0 aromatic heterocycles. The molecule has 31 heavy (non-hydrogen) atoms. The second kappa shape index (κ2) is 11.5. The Bertz CT molecular complexity index is 706. The van der Waals surface area contributed by atoms with Crippen LogP contribution in [0, 0.1) is 11.3 Å². The van der Waals surface area contributed by atoms with Crippen LogP contribution in [0.5, 0.6) is 5.75 Å². The minimum atomic E-state index is -0.336. The molecule has 1 aliphatic heterocycles. The first-order valence-corrected chi connectivity index (χ1v) is 11.5. The van der Waals surface area contributed by atoms with Crippen LogP contribution in [0.3, 0.4) is 0 Å². The van der Waals surface area contributed by atoms with Gasteiger partial charge in [-0.25, -0.2) is 5.84 Å². The molecule has 0 saturated carbocycles. The molecule has 1 atom stereocenters. The van der Waals surface area contributed by atoms with E-state index in [0.29, 0.717) is 24.0 Å². The number of piperidine rings is 1. The molecule has 0 aliphatic carbocycles. The Hall–Kier alpha value is -2.12. The van der Waals surface area contributed by atoms with Crippen LogP contribution in [0.15, 0.2) is 24.3 Å². The highest BCUT2D eigenvalue weighted by Gasteiger charge is 2.32. The number of nitrogens with zero attached hydrogens (tertiary/aromatic N) is 2. The van der Waals surface area contributed by atoms with E-state index in [4.69, 9.17) is 16.0 Å². The average Bonchev–Trinajstić information content (AvgIpc) is 2.72. The van der Waals surface area contributed by atoms with Crippen molar-refractivity contribution in [1.29, 1.82) is 5.41 Å². The number of amides is 1. The van der Waals surface area contributed by atoms with Crippen LogP contribution in [-0.4, -0.2) is 53.4 Å². The predicted octanol–water partition coefficient (Wildman–Crippen LogP) is 3.71. The Morgan fingerprint density at radius 2 is 1.81 bits per heavy atom. The van der Waals surface area contributed by atoms with Crippen molar-refractivity contribution < 1.29 is 9.53 Å². The van der Waals surface area contributed by atoms with Crippen molar-refractivity contribution in [3.8, 4) is 5.75 Å². The van der Waals surface area contributed by atoms with Gasteiger partial charge in [-0.05, 0) is 76.7 Å². The van der Waals surface area contributed by atoms with E-state index in [-0.39, 0.29) is 24.1 Å². The topological polar surface area (TPSA) is 94.7 Å². The van der Waals surface area contributed by atoms with E-state index < -0.39 is 0 Å². The van der Waals surface area contributed by atoms with Gasteiger partial charge < -0.3 is 10.1 Å². The van der Waals surface area contributed by atoms with Crippen molar-refractivity contribution in [3.63, 3.8) is 0 Å². The third-order valence-electron chi connectivity index (χ3n) is 5.61. The van der Waals surface area contributed by atoms with Gasteiger partial charge in [-0.1, -0.05) is 32.4 Å². The summed E-state index contributed by atoms with van der Waals surface area (Å²) in [7, 11) is 0. The summed E-state index contributed by atoms with van der Waals surface area (Å²) in [6, 6.07) is 7.52. The summed E-state index contributed by atoms with van der Waals surface area (Å²) in [5.74, 6) is 7.81. The maximum Gasteiger partial charge on any atom is 0.257 e. The Balaban J connectivity index is 2.06. The maximum absolute atomic E-state index is 11.9.